The Balaban J connectivity index is 2.01. The second-order valence-corrected chi connectivity index (χ2v) is 6.48. The fraction of sp³-hybridized carbons (Fsp3) is 0.381. The largest absolute Gasteiger partial charge is 0.496 e. The van der Waals surface area contributed by atoms with E-state index in [9.17, 15) is 14.4 Å². The highest BCUT2D eigenvalue weighted by molar-refractivity contribution is 5.99. The number of likely N-dealkylation sites (N-methyl/N-ethyl adjacent to an activating group) is 1. The predicted octanol–water partition coefficient (Wildman–Crippen LogP) is 2.63. The van der Waals surface area contributed by atoms with Crippen LogP contribution in [0.25, 0.3) is 0 Å². The molecule has 0 radical (unpaired) electrons. The summed E-state index contributed by atoms with van der Waals surface area (Å²) in [4.78, 5) is 41.1. The molecule has 0 bridgehead atoms. The zero-order valence-corrected chi connectivity index (χ0v) is 17.3. The number of hydrogen-bond acceptors (Lipinski definition) is 6. The van der Waals surface area contributed by atoms with Crippen molar-refractivity contribution in [3.8, 4) is 5.75 Å². The lowest BCUT2D eigenvalue weighted by molar-refractivity contribution is -0.133. The van der Waals surface area contributed by atoms with E-state index in [4.69, 9.17) is 14.2 Å². The van der Waals surface area contributed by atoms with Gasteiger partial charge >= 0.3 is 11.9 Å². The third-order valence-corrected chi connectivity index (χ3v) is 4.47. The predicted molar refractivity (Wildman–Crippen MR) is 106 cm³/mol. The van der Waals surface area contributed by atoms with Gasteiger partial charge < -0.3 is 24.1 Å². The summed E-state index contributed by atoms with van der Waals surface area (Å²) in [7, 11) is 3.18. The topological polar surface area (TPSA) is 97.9 Å². The van der Waals surface area contributed by atoms with Crippen LogP contribution in [-0.2, 0) is 20.8 Å². The van der Waals surface area contributed by atoms with Crippen molar-refractivity contribution in [2.75, 3.05) is 27.4 Å². The van der Waals surface area contributed by atoms with E-state index in [-0.39, 0.29) is 23.8 Å². The maximum atomic E-state index is 12.5. The summed E-state index contributed by atoms with van der Waals surface area (Å²) in [6, 6.07) is 7.37. The Hall–Kier alpha value is -3.29. The molecule has 0 fully saturated rings. The Morgan fingerprint density at radius 1 is 1.07 bits per heavy atom. The number of rotatable bonds is 8. The summed E-state index contributed by atoms with van der Waals surface area (Å²) >= 11 is 0. The number of ether oxygens (including phenoxy) is 3. The number of nitrogens with one attached hydrogen (secondary N) is 1. The van der Waals surface area contributed by atoms with Crippen molar-refractivity contribution in [3.05, 3.63) is 52.3 Å². The highest BCUT2D eigenvalue weighted by Crippen LogP contribution is 2.21. The molecule has 29 heavy (non-hydrogen) atoms. The highest BCUT2D eigenvalue weighted by Gasteiger charge is 2.24. The summed E-state index contributed by atoms with van der Waals surface area (Å²) in [6.07, 6.45) is 0. The van der Waals surface area contributed by atoms with Crippen LogP contribution >= 0.6 is 0 Å². The Labute approximate surface area is 169 Å². The van der Waals surface area contributed by atoms with Gasteiger partial charge in [-0.2, -0.15) is 0 Å². The normalized spacial score (nSPS) is 10.4. The zero-order valence-electron chi connectivity index (χ0n) is 17.3. The minimum Gasteiger partial charge on any atom is -0.496 e. The molecule has 0 atom stereocenters. The molecule has 0 aliphatic carbocycles. The average molecular weight is 402 g/mol. The molecule has 1 aromatic carbocycles. The maximum Gasteiger partial charge on any atom is 0.355 e. The van der Waals surface area contributed by atoms with Gasteiger partial charge in [0.1, 0.15) is 11.4 Å². The molecule has 2 aromatic rings. The van der Waals surface area contributed by atoms with Gasteiger partial charge in [-0.05, 0) is 32.4 Å². The van der Waals surface area contributed by atoms with Crippen LogP contribution in [-0.4, -0.2) is 55.1 Å². The van der Waals surface area contributed by atoms with E-state index >= 15 is 0 Å². The minimum absolute atomic E-state index is 0.205. The van der Waals surface area contributed by atoms with Crippen LogP contribution in [0.15, 0.2) is 24.3 Å². The van der Waals surface area contributed by atoms with Crippen molar-refractivity contribution in [1.29, 1.82) is 0 Å². The van der Waals surface area contributed by atoms with Gasteiger partial charge in [-0.25, -0.2) is 9.59 Å². The Morgan fingerprint density at radius 3 is 2.41 bits per heavy atom. The molecule has 1 amide bonds. The number of amides is 1. The zero-order chi connectivity index (χ0) is 21.6. The van der Waals surface area contributed by atoms with Crippen molar-refractivity contribution in [2.45, 2.75) is 27.3 Å². The summed E-state index contributed by atoms with van der Waals surface area (Å²) in [5.74, 6) is -0.902. The number of aromatic amines is 1. The number of methoxy groups -OCH3 is 1. The van der Waals surface area contributed by atoms with Gasteiger partial charge in [0.2, 0.25) is 0 Å². The minimum atomic E-state index is -0.675. The van der Waals surface area contributed by atoms with Crippen LogP contribution in [0.2, 0.25) is 0 Å². The number of esters is 2. The summed E-state index contributed by atoms with van der Waals surface area (Å²) in [6.45, 7) is 5.11. The second-order valence-electron chi connectivity index (χ2n) is 6.48. The number of H-pyrrole nitrogens is 1. The van der Waals surface area contributed by atoms with Crippen LogP contribution in [0, 0.1) is 13.8 Å². The lowest BCUT2D eigenvalue weighted by Gasteiger charge is -2.18. The molecule has 0 aliphatic heterocycles. The van der Waals surface area contributed by atoms with Gasteiger partial charge in [-0.15, -0.1) is 0 Å². The molecule has 1 N–H and O–H groups in total. The van der Waals surface area contributed by atoms with Crippen LogP contribution in [0.3, 0.4) is 0 Å². The van der Waals surface area contributed by atoms with E-state index in [0.29, 0.717) is 23.6 Å². The van der Waals surface area contributed by atoms with Crippen molar-refractivity contribution >= 4 is 17.8 Å². The third kappa shape index (κ3) is 5.16. The summed E-state index contributed by atoms with van der Waals surface area (Å²) < 4.78 is 15.4. The van der Waals surface area contributed by atoms with Crippen molar-refractivity contribution in [1.82, 2.24) is 9.88 Å². The molecule has 0 aliphatic rings. The van der Waals surface area contributed by atoms with E-state index in [2.05, 4.69) is 4.98 Å². The van der Waals surface area contributed by atoms with Crippen molar-refractivity contribution < 1.29 is 28.6 Å². The second kappa shape index (κ2) is 9.77. The maximum absolute atomic E-state index is 12.5. The first kappa shape index (κ1) is 22.0. The van der Waals surface area contributed by atoms with Crippen LogP contribution < -0.4 is 4.74 Å². The van der Waals surface area contributed by atoms with E-state index in [1.165, 1.54) is 4.90 Å². The fourth-order valence-electron chi connectivity index (χ4n) is 2.95. The number of aromatic nitrogens is 1. The summed E-state index contributed by atoms with van der Waals surface area (Å²) in [5, 5.41) is 0. The molecule has 1 heterocycles. The number of benzene rings is 1. The van der Waals surface area contributed by atoms with E-state index in [0.717, 1.165) is 5.56 Å². The van der Waals surface area contributed by atoms with Gasteiger partial charge in [0, 0.05) is 24.8 Å². The Kier molecular flexibility index (Phi) is 7.41. The number of para-hydroxylation sites is 1. The molecule has 156 valence electrons. The first-order valence-electron chi connectivity index (χ1n) is 9.19. The van der Waals surface area contributed by atoms with Crippen LogP contribution in [0.4, 0.5) is 0 Å². The molecule has 0 saturated carbocycles. The molecule has 8 nitrogen and oxygen atoms in total. The average Bonchev–Trinajstić information content (AvgIpc) is 3.00. The number of aryl methyl sites for hydroxylation is 1. The standard InChI is InChI=1S/C21H26N2O6/c1-6-28-21(26)19-13(2)18(14(3)22-19)20(25)29-12-17(24)23(4)11-15-9-7-8-10-16(15)27-5/h7-10,22H,6,11-12H2,1-5H3. The number of nitrogens with zero attached hydrogens (tertiary/aromatic N) is 1. The highest BCUT2D eigenvalue weighted by atomic mass is 16.5. The van der Waals surface area contributed by atoms with E-state index in [1.807, 2.05) is 24.3 Å². The van der Waals surface area contributed by atoms with E-state index < -0.39 is 18.5 Å². The molecule has 0 unspecified atom stereocenters. The smallest absolute Gasteiger partial charge is 0.355 e. The van der Waals surface area contributed by atoms with Gasteiger partial charge in [-0.3, -0.25) is 4.79 Å². The van der Waals surface area contributed by atoms with Crippen molar-refractivity contribution in [3.63, 3.8) is 0 Å². The van der Waals surface area contributed by atoms with Gasteiger partial charge in [-0.1, -0.05) is 18.2 Å². The van der Waals surface area contributed by atoms with Gasteiger partial charge in [0.05, 0.1) is 19.3 Å². The molecule has 1 aromatic heterocycles. The van der Waals surface area contributed by atoms with E-state index in [1.54, 1.807) is 34.9 Å². The quantitative estimate of drug-likeness (QED) is 0.682. The molecular formula is C21H26N2O6. The monoisotopic (exact) mass is 402 g/mol. The molecule has 0 saturated heterocycles. The number of carbonyl (C=O) groups excluding carboxylic acids is 3. The first-order chi connectivity index (χ1) is 13.8. The van der Waals surface area contributed by atoms with Gasteiger partial charge in [0.25, 0.3) is 5.91 Å². The number of hydrogen-bond donors (Lipinski definition) is 1. The van der Waals surface area contributed by atoms with Crippen molar-refractivity contribution in [2.24, 2.45) is 0 Å². The lowest BCUT2D eigenvalue weighted by atomic mass is 10.1. The Morgan fingerprint density at radius 2 is 1.76 bits per heavy atom. The fourth-order valence-corrected chi connectivity index (χ4v) is 2.95. The summed E-state index contributed by atoms with van der Waals surface area (Å²) in [5.41, 5.74) is 2.18. The first-order valence-corrected chi connectivity index (χ1v) is 9.19. The lowest BCUT2D eigenvalue weighted by Crippen LogP contribution is -2.31. The molecule has 0 spiro atoms. The third-order valence-electron chi connectivity index (χ3n) is 4.47. The van der Waals surface area contributed by atoms with Gasteiger partial charge in [0.15, 0.2) is 6.61 Å². The Bertz CT molecular complexity index is 903. The number of carbonyl (C=O) groups is 3. The SMILES string of the molecule is CCOC(=O)c1[nH]c(C)c(C(=O)OCC(=O)N(C)Cc2ccccc2OC)c1C. The molecule has 8 heteroatoms. The van der Waals surface area contributed by atoms with Crippen LogP contribution in [0.5, 0.6) is 5.75 Å². The molecular weight excluding hydrogens is 376 g/mol. The van der Waals surface area contributed by atoms with Crippen LogP contribution in [0.1, 0.15) is 44.6 Å². The molecule has 2 rings (SSSR count).